The Bertz CT molecular complexity index is 285. The van der Waals surface area contributed by atoms with Gasteiger partial charge in [-0.2, -0.15) is 0 Å². The zero-order chi connectivity index (χ0) is 11.3. The third kappa shape index (κ3) is 3.89. The van der Waals surface area contributed by atoms with Crippen molar-refractivity contribution >= 4 is 11.3 Å². The van der Waals surface area contributed by atoms with Crippen LogP contribution in [0.1, 0.15) is 30.5 Å². The van der Waals surface area contributed by atoms with Gasteiger partial charge in [0, 0.05) is 24.5 Å². The Labute approximate surface area is 96.3 Å². The lowest BCUT2D eigenvalue weighted by Crippen LogP contribution is -2.37. The van der Waals surface area contributed by atoms with Crippen LogP contribution >= 0.6 is 11.3 Å². The molecule has 1 heterocycles. The summed E-state index contributed by atoms with van der Waals surface area (Å²) in [7, 11) is 2.13. The molecule has 0 radical (unpaired) electrons. The molecule has 0 saturated heterocycles. The lowest BCUT2D eigenvalue weighted by molar-refractivity contribution is 0.224. The van der Waals surface area contributed by atoms with Crippen LogP contribution in [0.25, 0.3) is 0 Å². The van der Waals surface area contributed by atoms with Gasteiger partial charge in [-0.15, -0.1) is 11.3 Å². The van der Waals surface area contributed by atoms with Gasteiger partial charge in [0.05, 0.1) is 10.7 Å². The topological polar surface area (TPSA) is 42.1 Å². The summed E-state index contributed by atoms with van der Waals surface area (Å²) in [5.74, 6) is 0. The summed E-state index contributed by atoms with van der Waals surface area (Å²) < 4.78 is 0. The first-order chi connectivity index (χ1) is 7.17. The number of hydrogen-bond donors (Lipinski definition) is 1. The molecule has 0 bridgehead atoms. The van der Waals surface area contributed by atoms with Gasteiger partial charge in [-0.1, -0.05) is 13.3 Å². The average molecular weight is 227 g/mol. The van der Waals surface area contributed by atoms with Gasteiger partial charge in [-0.3, -0.25) is 4.90 Å². The number of nitrogens with two attached hydrogens (primary N) is 1. The molecule has 0 saturated carbocycles. The van der Waals surface area contributed by atoms with E-state index in [1.807, 2.05) is 6.92 Å². The molecule has 4 heteroatoms. The highest BCUT2D eigenvalue weighted by atomic mass is 32.1. The highest BCUT2D eigenvalue weighted by Gasteiger charge is 2.13. The first-order valence-corrected chi connectivity index (χ1v) is 6.36. The van der Waals surface area contributed by atoms with Crippen molar-refractivity contribution in [1.82, 2.24) is 9.88 Å². The van der Waals surface area contributed by atoms with Crippen LogP contribution < -0.4 is 5.73 Å². The molecule has 1 rings (SSSR count). The zero-order valence-electron chi connectivity index (χ0n) is 9.86. The Kier molecular flexibility index (Phi) is 5.22. The molecule has 0 aliphatic rings. The molecule has 15 heavy (non-hydrogen) atoms. The summed E-state index contributed by atoms with van der Waals surface area (Å²) in [4.78, 5) is 6.77. The van der Waals surface area contributed by atoms with Crippen LogP contribution in [0.3, 0.4) is 0 Å². The summed E-state index contributed by atoms with van der Waals surface area (Å²) in [6.45, 7) is 5.88. The molecule has 0 aliphatic carbocycles. The summed E-state index contributed by atoms with van der Waals surface area (Å²) in [5.41, 5.74) is 6.92. The molecule has 1 aromatic heterocycles. The number of rotatable bonds is 6. The van der Waals surface area contributed by atoms with E-state index in [4.69, 9.17) is 5.73 Å². The molecule has 0 aliphatic heterocycles. The first-order valence-electron chi connectivity index (χ1n) is 5.48. The quantitative estimate of drug-likeness (QED) is 0.808. The van der Waals surface area contributed by atoms with Crippen molar-refractivity contribution in [1.29, 1.82) is 0 Å². The van der Waals surface area contributed by atoms with Crippen molar-refractivity contribution in [2.75, 3.05) is 13.6 Å². The van der Waals surface area contributed by atoms with Gasteiger partial charge in [0.25, 0.3) is 0 Å². The molecular weight excluding hydrogens is 206 g/mol. The van der Waals surface area contributed by atoms with Crippen LogP contribution in [0.5, 0.6) is 0 Å². The van der Waals surface area contributed by atoms with Crippen LogP contribution in [0, 0.1) is 6.92 Å². The predicted molar refractivity (Wildman–Crippen MR) is 66.1 cm³/mol. The number of likely N-dealkylation sites (N-methyl/N-ethyl adjacent to an activating group) is 1. The maximum Gasteiger partial charge on any atom is 0.0897 e. The van der Waals surface area contributed by atoms with Gasteiger partial charge in [0.1, 0.15) is 0 Å². The Morgan fingerprint density at radius 1 is 1.60 bits per heavy atom. The van der Waals surface area contributed by atoms with E-state index in [-0.39, 0.29) is 0 Å². The SMILES string of the molecule is CCCC(CN)N(C)Cc1csc(C)n1. The smallest absolute Gasteiger partial charge is 0.0897 e. The van der Waals surface area contributed by atoms with E-state index in [0.29, 0.717) is 6.04 Å². The molecule has 0 amide bonds. The normalized spacial score (nSPS) is 13.4. The molecule has 0 aromatic carbocycles. The third-order valence-electron chi connectivity index (χ3n) is 2.60. The molecule has 86 valence electrons. The Balaban J connectivity index is 2.49. The van der Waals surface area contributed by atoms with Crippen LogP contribution in [0.15, 0.2) is 5.38 Å². The monoisotopic (exact) mass is 227 g/mol. The summed E-state index contributed by atoms with van der Waals surface area (Å²) in [6.07, 6.45) is 2.35. The third-order valence-corrected chi connectivity index (χ3v) is 3.42. The largest absolute Gasteiger partial charge is 0.329 e. The molecule has 0 spiro atoms. The standard InChI is InChI=1S/C11H21N3S/c1-4-5-11(6-12)14(3)7-10-8-15-9(2)13-10/h8,11H,4-7,12H2,1-3H3. The highest BCUT2D eigenvalue weighted by Crippen LogP contribution is 2.12. The number of aromatic nitrogens is 1. The molecule has 0 fully saturated rings. The maximum absolute atomic E-state index is 5.76. The van der Waals surface area contributed by atoms with Gasteiger partial charge in [-0.25, -0.2) is 4.98 Å². The molecule has 3 nitrogen and oxygen atoms in total. The molecular formula is C11H21N3S. The van der Waals surface area contributed by atoms with E-state index >= 15 is 0 Å². The van der Waals surface area contributed by atoms with Gasteiger partial charge in [-0.05, 0) is 20.4 Å². The Morgan fingerprint density at radius 2 is 2.33 bits per heavy atom. The Morgan fingerprint density at radius 3 is 2.80 bits per heavy atom. The van der Waals surface area contributed by atoms with Crippen LogP contribution in [-0.4, -0.2) is 29.5 Å². The number of hydrogen-bond acceptors (Lipinski definition) is 4. The molecule has 2 N–H and O–H groups in total. The van der Waals surface area contributed by atoms with E-state index < -0.39 is 0 Å². The summed E-state index contributed by atoms with van der Waals surface area (Å²) in [6, 6.07) is 0.483. The summed E-state index contributed by atoms with van der Waals surface area (Å²) >= 11 is 1.71. The second-order valence-corrected chi connectivity index (χ2v) is 5.01. The molecule has 1 unspecified atom stereocenters. The second-order valence-electron chi connectivity index (χ2n) is 3.95. The predicted octanol–water partition coefficient (Wildman–Crippen LogP) is 2.01. The fourth-order valence-electron chi connectivity index (χ4n) is 1.72. The van der Waals surface area contributed by atoms with Gasteiger partial charge >= 0.3 is 0 Å². The van der Waals surface area contributed by atoms with Crippen molar-refractivity contribution in [3.8, 4) is 0 Å². The minimum absolute atomic E-state index is 0.483. The molecule has 1 atom stereocenters. The van der Waals surface area contributed by atoms with Crippen molar-refractivity contribution in [3.05, 3.63) is 16.1 Å². The molecule has 1 aromatic rings. The fourth-order valence-corrected chi connectivity index (χ4v) is 2.32. The Hall–Kier alpha value is -0.450. The van der Waals surface area contributed by atoms with E-state index in [1.54, 1.807) is 11.3 Å². The van der Waals surface area contributed by atoms with Gasteiger partial charge in [0.2, 0.25) is 0 Å². The average Bonchev–Trinajstić information content (AvgIpc) is 2.60. The van der Waals surface area contributed by atoms with Crippen molar-refractivity contribution < 1.29 is 0 Å². The van der Waals surface area contributed by atoms with Crippen molar-refractivity contribution in [2.24, 2.45) is 5.73 Å². The van der Waals surface area contributed by atoms with Gasteiger partial charge < -0.3 is 5.73 Å². The fraction of sp³-hybridized carbons (Fsp3) is 0.727. The van der Waals surface area contributed by atoms with Crippen molar-refractivity contribution in [3.63, 3.8) is 0 Å². The van der Waals surface area contributed by atoms with Gasteiger partial charge in [0.15, 0.2) is 0 Å². The van der Waals surface area contributed by atoms with E-state index in [0.717, 1.165) is 30.2 Å². The number of aryl methyl sites for hydroxylation is 1. The minimum atomic E-state index is 0.483. The number of nitrogens with zero attached hydrogens (tertiary/aromatic N) is 2. The lowest BCUT2D eigenvalue weighted by Gasteiger charge is -2.25. The van der Waals surface area contributed by atoms with Crippen LogP contribution in [-0.2, 0) is 6.54 Å². The zero-order valence-corrected chi connectivity index (χ0v) is 10.7. The maximum atomic E-state index is 5.76. The van der Waals surface area contributed by atoms with E-state index in [9.17, 15) is 0 Å². The van der Waals surface area contributed by atoms with Crippen LogP contribution in [0.2, 0.25) is 0 Å². The first kappa shape index (κ1) is 12.6. The number of thiazole rings is 1. The van der Waals surface area contributed by atoms with Crippen molar-refractivity contribution in [2.45, 2.75) is 39.3 Å². The van der Waals surface area contributed by atoms with E-state index in [1.165, 1.54) is 6.42 Å². The highest BCUT2D eigenvalue weighted by molar-refractivity contribution is 7.09. The second kappa shape index (κ2) is 6.20. The van der Waals surface area contributed by atoms with Crippen LogP contribution in [0.4, 0.5) is 0 Å². The summed E-state index contributed by atoms with van der Waals surface area (Å²) in [5, 5.41) is 3.27. The van der Waals surface area contributed by atoms with E-state index in [2.05, 4.69) is 29.2 Å². The minimum Gasteiger partial charge on any atom is -0.329 e. The lowest BCUT2D eigenvalue weighted by atomic mass is 10.1.